The Morgan fingerprint density at radius 3 is 2.79 bits per heavy atom. The predicted octanol–water partition coefficient (Wildman–Crippen LogP) is 3.03. The third-order valence-corrected chi connectivity index (χ3v) is 4.68. The van der Waals surface area contributed by atoms with Crippen molar-refractivity contribution in [1.29, 1.82) is 0 Å². The normalized spacial score (nSPS) is 16.6. The Bertz CT molecular complexity index is 864. The molecule has 2 aromatic rings. The van der Waals surface area contributed by atoms with Crippen molar-refractivity contribution in [2.24, 2.45) is 5.73 Å². The van der Waals surface area contributed by atoms with Gasteiger partial charge in [0.2, 0.25) is 0 Å². The van der Waals surface area contributed by atoms with Gasteiger partial charge in [0.15, 0.2) is 5.69 Å². The summed E-state index contributed by atoms with van der Waals surface area (Å²) in [4.78, 5) is 31.5. The van der Waals surface area contributed by atoms with E-state index in [1.54, 1.807) is 18.2 Å². The van der Waals surface area contributed by atoms with Gasteiger partial charge in [0.1, 0.15) is 11.5 Å². The number of hydrogen-bond donors (Lipinski definition) is 4. The van der Waals surface area contributed by atoms with Crippen LogP contribution >= 0.6 is 0 Å². The molecule has 9 nitrogen and oxygen atoms in total. The number of anilines is 2. The number of rotatable bonds is 2. The Morgan fingerprint density at radius 1 is 1.21 bits per heavy atom. The Hall–Kier alpha value is -3.07. The van der Waals surface area contributed by atoms with Crippen LogP contribution in [0.25, 0.3) is 11.3 Å². The predicted molar refractivity (Wildman–Crippen MR) is 105 cm³/mol. The van der Waals surface area contributed by atoms with Crippen LogP contribution in [0.3, 0.4) is 0 Å². The van der Waals surface area contributed by atoms with Crippen molar-refractivity contribution in [1.82, 2.24) is 9.97 Å². The van der Waals surface area contributed by atoms with Gasteiger partial charge in [0.05, 0.1) is 20.3 Å². The van der Waals surface area contributed by atoms with E-state index in [0.29, 0.717) is 22.8 Å². The Morgan fingerprint density at radius 2 is 2.04 bits per heavy atom. The van der Waals surface area contributed by atoms with Gasteiger partial charge in [-0.1, -0.05) is 12.8 Å². The first-order valence-corrected chi connectivity index (χ1v) is 9.20. The molecule has 1 aromatic heterocycles. The fourth-order valence-corrected chi connectivity index (χ4v) is 3.18. The van der Waals surface area contributed by atoms with E-state index in [-0.39, 0.29) is 11.7 Å². The molecule has 0 fully saturated rings. The van der Waals surface area contributed by atoms with Gasteiger partial charge in [-0.25, -0.2) is 14.6 Å². The molecule has 0 saturated carbocycles. The molecule has 1 aliphatic heterocycles. The number of imidazole rings is 1. The summed E-state index contributed by atoms with van der Waals surface area (Å²) in [6.07, 6.45) is 3.18. The van der Waals surface area contributed by atoms with Gasteiger partial charge in [-0.05, 0) is 31.0 Å². The zero-order valence-corrected chi connectivity index (χ0v) is 16.0. The highest BCUT2D eigenvalue weighted by molar-refractivity contribution is 5.97. The smallest absolute Gasteiger partial charge is 0.411 e. The lowest BCUT2D eigenvalue weighted by Crippen LogP contribution is -2.13. The minimum absolute atomic E-state index is 0.254. The monoisotopic (exact) mass is 387 g/mol. The summed E-state index contributed by atoms with van der Waals surface area (Å²) in [5.74, 6) is 0.0391. The third kappa shape index (κ3) is 4.25. The van der Waals surface area contributed by atoms with Crippen LogP contribution in [0.1, 0.15) is 48.0 Å². The highest BCUT2D eigenvalue weighted by atomic mass is 16.5. The van der Waals surface area contributed by atoms with E-state index >= 15 is 0 Å². The molecule has 0 radical (unpaired) electrons. The van der Waals surface area contributed by atoms with E-state index in [0.717, 1.165) is 37.9 Å². The maximum Gasteiger partial charge on any atom is 0.411 e. The molecule has 0 unspecified atom stereocenters. The van der Waals surface area contributed by atoms with Gasteiger partial charge in [-0.2, -0.15) is 0 Å². The summed E-state index contributed by atoms with van der Waals surface area (Å²) in [5.41, 5.74) is 9.00. The maximum atomic E-state index is 12.3. The van der Waals surface area contributed by atoms with Crippen LogP contribution in [-0.2, 0) is 9.47 Å². The first kappa shape index (κ1) is 19.7. The molecule has 2 heterocycles. The summed E-state index contributed by atoms with van der Waals surface area (Å²) >= 11 is 0. The van der Waals surface area contributed by atoms with Crippen molar-refractivity contribution in [2.75, 3.05) is 31.4 Å². The number of benzene rings is 1. The van der Waals surface area contributed by atoms with Crippen LogP contribution < -0.4 is 16.4 Å². The van der Waals surface area contributed by atoms with E-state index < -0.39 is 12.1 Å². The van der Waals surface area contributed by atoms with Gasteiger partial charge >= 0.3 is 12.1 Å². The van der Waals surface area contributed by atoms with Crippen LogP contribution in [0, 0.1) is 0 Å². The van der Waals surface area contributed by atoms with Crippen molar-refractivity contribution in [3.63, 3.8) is 0 Å². The largest absolute Gasteiger partial charge is 0.464 e. The molecule has 1 amide bonds. The first-order valence-electron chi connectivity index (χ1n) is 9.20. The summed E-state index contributed by atoms with van der Waals surface area (Å²) in [6.45, 7) is 0.745. The molecule has 9 heteroatoms. The summed E-state index contributed by atoms with van der Waals surface area (Å²) in [5, 5.41) is 6.02. The SMILES string of the molecule is COC(=O)Nc1ccc2c(c1)NCCCCC[C@H](N)c1nc-2c(C(=O)OC)[nH]1. The second-order valence-electron chi connectivity index (χ2n) is 6.60. The average molecular weight is 387 g/mol. The van der Waals surface area contributed by atoms with Crippen molar-refractivity contribution < 1.29 is 19.1 Å². The number of nitrogens with one attached hydrogen (secondary N) is 3. The molecule has 5 N–H and O–H groups in total. The molecule has 3 rings (SSSR count). The molecular weight excluding hydrogens is 362 g/mol. The van der Waals surface area contributed by atoms with E-state index in [1.807, 2.05) is 0 Å². The summed E-state index contributed by atoms with van der Waals surface area (Å²) < 4.78 is 9.56. The number of hydrogen-bond acceptors (Lipinski definition) is 7. The molecule has 0 spiro atoms. The number of nitrogens with zero attached hydrogens (tertiary/aromatic N) is 1. The average Bonchev–Trinajstić information content (AvgIpc) is 3.14. The topological polar surface area (TPSA) is 131 Å². The molecule has 150 valence electrons. The minimum atomic E-state index is -0.559. The fourth-order valence-electron chi connectivity index (χ4n) is 3.18. The number of nitrogens with two attached hydrogens (primary N) is 1. The first-order chi connectivity index (χ1) is 13.5. The van der Waals surface area contributed by atoms with Crippen molar-refractivity contribution in [2.45, 2.75) is 31.7 Å². The van der Waals surface area contributed by atoms with Crippen LogP contribution in [0.4, 0.5) is 16.2 Å². The number of fused-ring (bicyclic) bond motifs is 4. The van der Waals surface area contributed by atoms with E-state index in [2.05, 4.69) is 25.3 Å². The van der Waals surface area contributed by atoms with E-state index in [4.69, 9.17) is 10.5 Å². The molecule has 1 aromatic carbocycles. The lowest BCUT2D eigenvalue weighted by molar-refractivity contribution is 0.0595. The van der Waals surface area contributed by atoms with Crippen LogP contribution in [-0.4, -0.2) is 42.8 Å². The van der Waals surface area contributed by atoms with Crippen molar-refractivity contribution in [3.8, 4) is 11.3 Å². The van der Waals surface area contributed by atoms with E-state index in [1.165, 1.54) is 14.2 Å². The molecule has 1 aliphatic rings. The van der Waals surface area contributed by atoms with Crippen LogP contribution in [0.15, 0.2) is 18.2 Å². The zero-order valence-electron chi connectivity index (χ0n) is 16.0. The number of methoxy groups -OCH3 is 2. The standard InChI is InChI=1S/C19H25N5O4/c1-27-18(25)16-15-12-8-7-11(22-19(26)28-2)10-14(12)21-9-5-3-4-6-13(20)17(23-15)24-16/h7-8,10,13,21H,3-6,9,20H2,1-2H3,(H,22,26)(H,23,24)/t13-/m0/s1. The fraction of sp³-hybridized carbons (Fsp3) is 0.421. The molecular formula is C19H25N5O4. The summed E-state index contributed by atoms with van der Waals surface area (Å²) in [6, 6.07) is 5.01. The van der Waals surface area contributed by atoms with Gasteiger partial charge < -0.3 is 25.5 Å². The number of ether oxygens (including phenoxy) is 2. The minimum Gasteiger partial charge on any atom is -0.464 e. The molecule has 0 saturated heterocycles. The number of aromatic amines is 1. The Labute approximate surface area is 163 Å². The Balaban J connectivity index is 2.10. The maximum absolute atomic E-state index is 12.3. The molecule has 1 atom stereocenters. The molecule has 2 bridgehead atoms. The van der Waals surface area contributed by atoms with Crippen molar-refractivity contribution >= 4 is 23.4 Å². The van der Waals surface area contributed by atoms with Crippen LogP contribution in [0.2, 0.25) is 0 Å². The van der Waals surface area contributed by atoms with Gasteiger partial charge in [0.25, 0.3) is 0 Å². The van der Waals surface area contributed by atoms with Gasteiger partial charge in [-0.3, -0.25) is 5.32 Å². The molecule has 28 heavy (non-hydrogen) atoms. The number of carbonyl (C=O) groups is 2. The lowest BCUT2D eigenvalue weighted by Gasteiger charge is -2.15. The summed E-state index contributed by atoms with van der Waals surface area (Å²) in [7, 11) is 2.63. The highest BCUT2D eigenvalue weighted by Gasteiger charge is 2.24. The highest BCUT2D eigenvalue weighted by Crippen LogP contribution is 2.34. The van der Waals surface area contributed by atoms with E-state index in [9.17, 15) is 9.59 Å². The van der Waals surface area contributed by atoms with Crippen LogP contribution in [0.5, 0.6) is 0 Å². The second-order valence-corrected chi connectivity index (χ2v) is 6.60. The van der Waals surface area contributed by atoms with Gasteiger partial charge in [-0.15, -0.1) is 0 Å². The second kappa shape index (κ2) is 8.75. The quantitative estimate of drug-likeness (QED) is 0.582. The number of esters is 1. The number of carbonyl (C=O) groups excluding carboxylic acids is 2. The van der Waals surface area contributed by atoms with Crippen molar-refractivity contribution in [3.05, 3.63) is 29.7 Å². The van der Waals surface area contributed by atoms with Gasteiger partial charge in [0, 0.05) is 23.5 Å². The lowest BCUT2D eigenvalue weighted by atomic mass is 10.1. The number of amides is 1. The number of aromatic nitrogens is 2. The number of H-pyrrole nitrogens is 1. The Kier molecular flexibility index (Phi) is 6.15. The molecule has 0 aliphatic carbocycles. The third-order valence-electron chi connectivity index (χ3n) is 4.68. The zero-order chi connectivity index (χ0) is 20.1.